The highest BCUT2D eigenvalue weighted by Gasteiger charge is 2.63. The Balaban J connectivity index is 1.48. The monoisotopic (exact) mass is 418 g/mol. The largest absolute Gasteiger partial charge is 0.462 e. The molecule has 4 aliphatic rings. The molecule has 0 amide bonds. The Morgan fingerprint density at radius 3 is 2.73 bits per heavy atom. The molecule has 0 aromatic carbocycles. The molecule has 168 valence electrons. The summed E-state index contributed by atoms with van der Waals surface area (Å²) >= 11 is 0. The lowest BCUT2D eigenvalue weighted by Crippen LogP contribution is -2.56. The number of carbonyl (C=O) groups is 2. The number of ketones is 1. The minimum Gasteiger partial charge on any atom is -0.462 e. The van der Waals surface area contributed by atoms with E-state index in [9.17, 15) is 9.59 Å². The van der Waals surface area contributed by atoms with Crippen molar-refractivity contribution in [3.63, 3.8) is 0 Å². The second-order valence-electron chi connectivity index (χ2n) is 11.0. The summed E-state index contributed by atoms with van der Waals surface area (Å²) < 4.78 is 21.8. The van der Waals surface area contributed by atoms with E-state index < -0.39 is 6.17 Å². The van der Waals surface area contributed by atoms with Gasteiger partial charge in [-0.05, 0) is 68.3 Å². The predicted octanol–water partition coefficient (Wildman–Crippen LogP) is 6.35. The lowest BCUT2D eigenvalue weighted by Gasteiger charge is -2.58. The van der Waals surface area contributed by atoms with Crippen LogP contribution in [-0.2, 0) is 14.3 Å². The van der Waals surface area contributed by atoms with Crippen molar-refractivity contribution in [3.8, 4) is 0 Å². The molecule has 30 heavy (non-hydrogen) atoms. The summed E-state index contributed by atoms with van der Waals surface area (Å²) in [7, 11) is 0. The third kappa shape index (κ3) is 3.66. The minimum atomic E-state index is -0.887. The lowest BCUT2D eigenvalue weighted by atomic mass is 9.47. The Morgan fingerprint density at radius 2 is 1.97 bits per heavy atom. The van der Waals surface area contributed by atoms with E-state index in [0.29, 0.717) is 31.1 Å². The van der Waals surface area contributed by atoms with E-state index >= 15 is 4.39 Å². The number of ether oxygens (including phenoxy) is 1. The molecule has 0 bridgehead atoms. The fourth-order valence-electron chi connectivity index (χ4n) is 7.68. The summed E-state index contributed by atoms with van der Waals surface area (Å²) in [5, 5.41) is 0. The van der Waals surface area contributed by atoms with Gasteiger partial charge in [0.2, 0.25) is 0 Å². The van der Waals surface area contributed by atoms with Gasteiger partial charge in [0.15, 0.2) is 5.78 Å². The van der Waals surface area contributed by atoms with E-state index in [2.05, 4.69) is 20.8 Å². The van der Waals surface area contributed by atoms with Gasteiger partial charge in [-0.15, -0.1) is 0 Å². The first kappa shape index (κ1) is 22.0. The van der Waals surface area contributed by atoms with Gasteiger partial charge in [0, 0.05) is 24.2 Å². The summed E-state index contributed by atoms with van der Waals surface area (Å²) in [5.41, 5.74) is 0.771. The van der Waals surface area contributed by atoms with Crippen molar-refractivity contribution >= 4 is 11.8 Å². The summed E-state index contributed by atoms with van der Waals surface area (Å²) in [6.07, 6.45) is 11.2. The molecule has 7 atom stereocenters. The van der Waals surface area contributed by atoms with Crippen molar-refractivity contribution in [2.24, 2.45) is 28.6 Å². The summed E-state index contributed by atoms with van der Waals surface area (Å²) in [4.78, 5) is 24.4. The van der Waals surface area contributed by atoms with Gasteiger partial charge in [-0.2, -0.15) is 0 Å². The lowest BCUT2D eigenvalue weighted by molar-refractivity contribution is -0.165. The fraction of sp³-hybridized carbons (Fsp3) is 0.846. The molecule has 4 heteroatoms. The molecule has 0 aliphatic heterocycles. The van der Waals surface area contributed by atoms with Crippen molar-refractivity contribution in [1.29, 1.82) is 0 Å². The number of fused-ring (bicyclic) bond motifs is 5. The molecule has 0 N–H and O–H groups in total. The number of hydrogen-bond acceptors (Lipinski definition) is 3. The second-order valence-corrected chi connectivity index (χ2v) is 11.0. The highest BCUT2D eigenvalue weighted by Crippen LogP contribution is 2.66. The van der Waals surface area contributed by atoms with Gasteiger partial charge in [0.05, 0.1) is 0 Å². The SMILES string of the molecule is CCCCCCC(=O)OC1CC[C@H]2[C@@H]3CCC4=CC(=O)CC[C@]4(C)[C@@H]3C(F)C[C@]12C. The molecule has 0 radical (unpaired) electrons. The number of hydrogen-bond donors (Lipinski definition) is 0. The van der Waals surface area contributed by atoms with Gasteiger partial charge in [0.25, 0.3) is 0 Å². The molecule has 0 aromatic heterocycles. The van der Waals surface area contributed by atoms with E-state index in [1.54, 1.807) is 0 Å². The Bertz CT molecular complexity index is 715. The van der Waals surface area contributed by atoms with Crippen LogP contribution in [0, 0.1) is 28.6 Å². The van der Waals surface area contributed by atoms with Gasteiger partial charge < -0.3 is 4.74 Å². The zero-order chi connectivity index (χ0) is 21.5. The average Bonchev–Trinajstić information content (AvgIpc) is 3.01. The van der Waals surface area contributed by atoms with Gasteiger partial charge in [-0.3, -0.25) is 9.59 Å². The molecule has 0 saturated heterocycles. The van der Waals surface area contributed by atoms with Crippen molar-refractivity contribution in [1.82, 2.24) is 0 Å². The molecular weight excluding hydrogens is 379 g/mol. The van der Waals surface area contributed by atoms with E-state index in [1.165, 1.54) is 5.57 Å². The number of esters is 1. The first-order chi connectivity index (χ1) is 14.3. The topological polar surface area (TPSA) is 43.4 Å². The highest BCUT2D eigenvalue weighted by molar-refractivity contribution is 5.91. The summed E-state index contributed by atoms with van der Waals surface area (Å²) in [6, 6.07) is 0. The normalized spacial score (nSPS) is 42.7. The van der Waals surface area contributed by atoms with Crippen LogP contribution < -0.4 is 0 Å². The number of unbranched alkanes of at least 4 members (excludes halogenated alkanes) is 3. The Labute approximate surface area is 181 Å². The van der Waals surface area contributed by atoms with Crippen LogP contribution in [0.3, 0.4) is 0 Å². The van der Waals surface area contributed by atoms with Crippen LogP contribution in [0.4, 0.5) is 4.39 Å². The quantitative estimate of drug-likeness (QED) is 0.373. The molecular formula is C26H39FO3. The molecule has 4 rings (SSSR count). The third-order valence-electron chi connectivity index (χ3n) is 9.28. The minimum absolute atomic E-state index is 0.00664. The van der Waals surface area contributed by atoms with Crippen LogP contribution in [0.25, 0.3) is 0 Å². The van der Waals surface area contributed by atoms with Gasteiger partial charge in [-0.25, -0.2) is 4.39 Å². The standard InChI is InChI=1S/C26H39FO3/c1-4-5-6-7-8-23(29)30-22-12-11-20-19-10-9-17-15-18(28)13-14-25(17,2)24(19)21(27)16-26(20,22)3/h15,19-22,24H,4-14,16H2,1-3H3/t19-,20-,21?,22?,24-,25-,26-/m0/s1. The number of halogens is 1. The maximum absolute atomic E-state index is 15.9. The predicted molar refractivity (Wildman–Crippen MR) is 116 cm³/mol. The average molecular weight is 419 g/mol. The molecule has 4 aliphatic carbocycles. The fourth-order valence-corrected chi connectivity index (χ4v) is 7.68. The third-order valence-corrected chi connectivity index (χ3v) is 9.28. The van der Waals surface area contributed by atoms with Crippen molar-refractivity contribution in [2.45, 2.75) is 110 Å². The van der Waals surface area contributed by atoms with E-state index in [-0.39, 0.29) is 34.6 Å². The molecule has 0 aromatic rings. The number of carbonyl (C=O) groups excluding carboxylic acids is 2. The molecule has 3 fully saturated rings. The molecule has 3 nitrogen and oxygen atoms in total. The Kier molecular flexibility index (Phi) is 6.16. The Morgan fingerprint density at radius 1 is 1.17 bits per heavy atom. The Hall–Kier alpha value is -1.19. The van der Waals surface area contributed by atoms with Gasteiger partial charge in [0.1, 0.15) is 12.3 Å². The molecule has 0 heterocycles. The van der Waals surface area contributed by atoms with Crippen LogP contribution >= 0.6 is 0 Å². The van der Waals surface area contributed by atoms with Crippen LogP contribution in [0.5, 0.6) is 0 Å². The molecule has 0 spiro atoms. The smallest absolute Gasteiger partial charge is 0.306 e. The molecule has 3 saturated carbocycles. The second kappa shape index (κ2) is 8.39. The summed E-state index contributed by atoms with van der Waals surface area (Å²) in [6.45, 7) is 6.55. The van der Waals surface area contributed by atoms with Crippen molar-refractivity contribution in [3.05, 3.63) is 11.6 Å². The number of rotatable bonds is 6. The highest BCUT2D eigenvalue weighted by atomic mass is 19.1. The maximum atomic E-state index is 15.9. The zero-order valence-electron chi connectivity index (χ0n) is 19.1. The van der Waals surface area contributed by atoms with Crippen LogP contribution in [0.2, 0.25) is 0 Å². The first-order valence-electron chi connectivity index (χ1n) is 12.4. The van der Waals surface area contributed by atoms with E-state index in [4.69, 9.17) is 4.74 Å². The summed E-state index contributed by atoms with van der Waals surface area (Å²) in [5.74, 6) is 0.879. The number of allylic oxidation sites excluding steroid dienone is 1. The molecule has 2 unspecified atom stereocenters. The van der Waals surface area contributed by atoms with Crippen LogP contribution in [-0.4, -0.2) is 24.0 Å². The van der Waals surface area contributed by atoms with Gasteiger partial charge >= 0.3 is 5.97 Å². The van der Waals surface area contributed by atoms with Crippen molar-refractivity contribution in [2.75, 3.05) is 0 Å². The van der Waals surface area contributed by atoms with E-state index in [0.717, 1.165) is 57.8 Å². The maximum Gasteiger partial charge on any atom is 0.306 e. The van der Waals surface area contributed by atoms with E-state index in [1.807, 2.05) is 6.08 Å². The first-order valence-corrected chi connectivity index (χ1v) is 12.4. The van der Waals surface area contributed by atoms with Crippen molar-refractivity contribution < 1.29 is 18.7 Å². The zero-order valence-corrected chi connectivity index (χ0v) is 19.1. The van der Waals surface area contributed by atoms with Gasteiger partial charge in [-0.1, -0.05) is 45.6 Å². The van der Waals surface area contributed by atoms with Crippen LogP contribution in [0.1, 0.15) is 97.8 Å². The number of alkyl halides is 1. The van der Waals surface area contributed by atoms with Crippen LogP contribution in [0.15, 0.2) is 11.6 Å².